The molecule has 18 heavy (non-hydrogen) atoms. The number of nitrogens with zero attached hydrogens (tertiary/aromatic N) is 3. The minimum Gasteiger partial charge on any atom is -0.366 e. The molecule has 3 rings (SSSR count). The molecule has 0 saturated carbocycles. The average Bonchev–Trinajstić information content (AvgIpc) is 2.68. The van der Waals surface area contributed by atoms with Gasteiger partial charge in [0.1, 0.15) is 0 Å². The van der Waals surface area contributed by atoms with Gasteiger partial charge in [0, 0.05) is 22.3 Å². The van der Waals surface area contributed by atoms with Gasteiger partial charge >= 0.3 is 0 Å². The zero-order chi connectivity index (χ0) is 12.7. The fourth-order valence-electron chi connectivity index (χ4n) is 2.00. The fourth-order valence-corrected chi connectivity index (χ4v) is 2.24. The van der Waals surface area contributed by atoms with Crippen LogP contribution in [-0.2, 0) is 0 Å². The van der Waals surface area contributed by atoms with E-state index in [4.69, 9.17) is 17.3 Å². The van der Waals surface area contributed by atoms with Crippen LogP contribution in [-0.4, -0.2) is 14.6 Å². The van der Waals surface area contributed by atoms with Crippen molar-refractivity contribution >= 4 is 23.2 Å². The van der Waals surface area contributed by atoms with Crippen LogP contribution in [0.15, 0.2) is 36.5 Å². The molecular formula is C13H11ClN4. The molecule has 0 fully saturated rings. The summed E-state index contributed by atoms with van der Waals surface area (Å²) >= 11 is 6.22. The third-order valence-corrected chi connectivity index (χ3v) is 3.19. The lowest BCUT2D eigenvalue weighted by Gasteiger charge is -2.08. The number of pyridine rings is 1. The molecular weight excluding hydrogens is 248 g/mol. The summed E-state index contributed by atoms with van der Waals surface area (Å²) in [6, 6.07) is 9.67. The summed E-state index contributed by atoms with van der Waals surface area (Å²) in [5.74, 6) is 0.269. The van der Waals surface area contributed by atoms with E-state index in [1.807, 2.05) is 43.5 Å². The highest BCUT2D eigenvalue weighted by molar-refractivity contribution is 6.33. The Bertz CT molecular complexity index is 733. The molecule has 0 aliphatic heterocycles. The van der Waals surface area contributed by atoms with Gasteiger partial charge in [-0.25, -0.2) is 4.52 Å². The van der Waals surface area contributed by atoms with E-state index in [2.05, 4.69) is 10.1 Å². The molecule has 0 amide bonds. The van der Waals surface area contributed by atoms with Crippen LogP contribution in [0.5, 0.6) is 0 Å². The second-order valence-corrected chi connectivity index (χ2v) is 4.53. The quantitative estimate of drug-likeness (QED) is 0.730. The molecule has 2 aromatic heterocycles. The summed E-state index contributed by atoms with van der Waals surface area (Å²) in [7, 11) is 0. The number of aromatic nitrogens is 3. The van der Waals surface area contributed by atoms with Gasteiger partial charge < -0.3 is 5.73 Å². The van der Waals surface area contributed by atoms with E-state index < -0.39 is 0 Å². The van der Waals surface area contributed by atoms with Gasteiger partial charge in [-0.05, 0) is 24.6 Å². The monoisotopic (exact) mass is 258 g/mol. The number of anilines is 1. The van der Waals surface area contributed by atoms with Crippen LogP contribution in [0.3, 0.4) is 0 Å². The maximum Gasteiger partial charge on any atom is 0.240 e. The number of hydrogen-bond donors (Lipinski definition) is 1. The van der Waals surface area contributed by atoms with E-state index in [0.717, 1.165) is 22.3 Å². The molecule has 2 N–H and O–H groups in total. The van der Waals surface area contributed by atoms with Crippen LogP contribution in [0, 0.1) is 6.92 Å². The van der Waals surface area contributed by atoms with E-state index in [1.54, 1.807) is 4.52 Å². The number of rotatable bonds is 1. The molecule has 90 valence electrons. The number of benzene rings is 1. The predicted molar refractivity (Wildman–Crippen MR) is 72.6 cm³/mol. The Morgan fingerprint density at radius 2 is 2.00 bits per heavy atom. The number of fused-ring (bicyclic) bond motifs is 1. The fraction of sp³-hybridized carbons (Fsp3) is 0.0769. The maximum absolute atomic E-state index is 6.22. The van der Waals surface area contributed by atoms with Gasteiger partial charge in [0.25, 0.3) is 0 Å². The number of halogens is 1. The molecule has 0 saturated heterocycles. The highest BCUT2D eigenvalue weighted by Crippen LogP contribution is 2.30. The first-order chi connectivity index (χ1) is 8.65. The average molecular weight is 259 g/mol. The normalized spacial score (nSPS) is 11.0. The largest absolute Gasteiger partial charge is 0.366 e. The van der Waals surface area contributed by atoms with E-state index in [0.29, 0.717) is 5.02 Å². The van der Waals surface area contributed by atoms with Crippen molar-refractivity contribution in [2.75, 3.05) is 5.73 Å². The summed E-state index contributed by atoms with van der Waals surface area (Å²) in [5.41, 5.74) is 9.42. The summed E-state index contributed by atoms with van der Waals surface area (Å²) < 4.78 is 1.67. The Labute approximate surface area is 109 Å². The van der Waals surface area contributed by atoms with Gasteiger partial charge in [0.05, 0.1) is 0 Å². The van der Waals surface area contributed by atoms with Crippen LogP contribution >= 0.6 is 11.6 Å². The zero-order valence-corrected chi connectivity index (χ0v) is 10.5. The molecule has 0 aliphatic rings. The Morgan fingerprint density at radius 3 is 2.78 bits per heavy atom. The van der Waals surface area contributed by atoms with Crippen molar-refractivity contribution in [3.63, 3.8) is 0 Å². The zero-order valence-electron chi connectivity index (χ0n) is 9.76. The summed E-state index contributed by atoms with van der Waals surface area (Å²) in [6.07, 6.45) is 1.90. The van der Waals surface area contributed by atoms with Crippen molar-refractivity contribution in [3.05, 3.63) is 47.1 Å². The molecule has 5 heteroatoms. The van der Waals surface area contributed by atoms with Gasteiger partial charge in [-0.2, -0.15) is 4.98 Å². The van der Waals surface area contributed by atoms with Crippen LogP contribution < -0.4 is 5.73 Å². The maximum atomic E-state index is 6.22. The second kappa shape index (κ2) is 3.99. The third kappa shape index (κ3) is 1.71. The van der Waals surface area contributed by atoms with Gasteiger partial charge in [-0.15, -0.1) is 5.10 Å². The van der Waals surface area contributed by atoms with Gasteiger partial charge in [0.15, 0.2) is 5.65 Å². The summed E-state index contributed by atoms with van der Waals surface area (Å²) in [4.78, 5) is 4.13. The first-order valence-electron chi connectivity index (χ1n) is 5.52. The van der Waals surface area contributed by atoms with Crippen molar-refractivity contribution in [1.29, 1.82) is 0 Å². The topological polar surface area (TPSA) is 56.2 Å². The molecule has 0 bridgehead atoms. The Balaban J connectivity index is 2.29. The van der Waals surface area contributed by atoms with Gasteiger partial charge in [-0.1, -0.05) is 29.8 Å². The number of nitrogen functional groups attached to an aromatic ring is 1. The minimum atomic E-state index is 0.269. The Morgan fingerprint density at radius 1 is 1.22 bits per heavy atom. The third-order valence-electron chi connectivity index (χ3n) is 2.86. The molecule has 4 nitrogen and oxygen atoms in total. The lowest BCUT2D eigenvalue weighted by Crippen LogP contribution is -1.93. The summed E-state index contributed by atoms with van der Waals surface area (Å²) in [6.45, 7) is 2.02. The highest BCUT2D eigenvalue weighted by atomic mass is 35.5. The lowest BCUT2D eigenvalue weighted by molar-refractivity contribution is 0.966. The van der Waals surface area contributed by atoms with E-state index >= 15 is 0 Å². The van der Waals surface area contributed by atoms with Crippen LogP contribution in [0.4, 0.5) is 5.95 Å². The molecule has 1 aromatic carbocycles. The molecule has 3 aromatic rings. The smallest absolute Gasteiger partial charge is 0.240 e. The molecule has 0 atom stereocenters. The number of aryl methyl sites for hydroxylation is 1. The van der Waals surface area contributed by atoms with Gasteiger partial charge in [-0.3, -0.25) is 0 Å². The van der Waals surface area contributed by atoms with E-state index in [1.165, 1.54) is 0 Å². The van der Waals surface area contributed by atoms with Crippen molar-refractivity contribution in [2.24, 2.45) is 0 Å². The predicted octanol–water partition coefficient (Wildman–Crippen LogP) is 2.94. The lowest BCUT2D eigenvalue weighted by atomic mass is 10.0. The van der Waals surface area contributed by atoms with Crippen molar-refractivity contribution in [1.82, 2.24) is 14.6 Å². The molecule has 2 heterocycles. The second-order valence-electron chi connectivity index (χ2n) is 4.12. The first kappa shape index (κ1) is 11.0. The molecule has 0 radical (unpaired) electrons. The number of nitrogens with two attached hydrogens (primary N) is 1. The molecule has 0 aliphatic carbocycles. The Hall–Kier alpha value is -2.07. The van der Waals surface area contributed by atoms with Gasteiger partial charge in [0.2, 0.25) is 5.95 Å². The standard InChI is InChI=1S/C13H11ClN4/c1-8-6-12-16-13(15)17-18(12)7-10(8)9-4-2-3-5-11(9)14/h2-7H,1H3,(H2,15,17). The molecule has 0 unspecified atom stereocenters. The van der Waals surface area contributed by atoms with Crippen molar-refractivity contribution in [3.8, 4) is 11.1 Å². The first-order valence-corrected chi connectivity index (χ1v) is 5.90. The van der Waals surface area contributed by atoms with Crippen LogP contribution in [0.2, 0.25) is 5.02 Å². The Kier molecular flexibility index (Phi) is 2.45. The van der Waals surface area contributed by atoms with Crippen LogP contribution in [0.25, 0.3) is 16.8 Å². The van der Waals surface area contributed by atoms with Crippen molar-refractivity contribution in [2.45, 2.75) is 6.92 Å². The summed E-state index contributed by atoms with van der Waals surface area (Å²) in [5, 5.41) is 4.83. The van der Waals surface area contributed by atoms with E-state index in [-0.39, 0.29) is 5.95 Å². The number of hydrogen-bond acceptors (Lipinski definition) is 3. The molecule has 0 spiro atoms. The van der Waals surface area contributed by atoms with Crippen LogP contribution in [0.1, 0.15) is 5.56 Å². The van der Waals surface area contributed by atoms with Crippen molar-refractivity contribution < 1.29 is 0 Å². The highest BCUT2D eigenvalue weighted by Gasteiger charge is 2.09. The minimum absolute atomic E-state index is 0.269. The van der Waals surface area contributed by atoms with E-state index in [9.17, 15) is 0 Å². The SMILES string of the molecule is Cc1cc2nc(N)nn2cc1-c1ccccc1Cl.